The minimum Gasteiger partial charge on any atom is -0.543 e. The molecule has 0 N–H and O–H groups in total. The van der Waals surface area contributed by atoms with E-state index in [1.165, 1.54) is 0 Å². The standard InChI is InChI=1S/C34H52O5Si2/c1-24(38-40(10,11)33(2,3)4)19-26-20-29(35-8)31-28(32(26)36-9)21-27(39-41(12,13)34(5,6)7)22-30(31)37-23-25-17-15-14-16-18-25/h14-18,20-22,24H,19,23H2,1-13H3/t24-/m0/s1. The molecule has 0 radical (unpaired) electrons. The summed E-state index contributed by atoms with van der Waals surface area (Å²) < 4.78 is 32.1. The van der Waals surface area contributed by atoms with Gasteiger partial charge in [0.25, 0.3) is 0 Å². The summed E-state index contributed by atoms with van der Waals surface area (Å²) in [5.74, 6) is 3.05. The smallest absolute Gasteiger partial charge is 0.250 e. The van der Waals surface area contributed by atoms with E-state index in [4.69, 9.17) is 23.1 Å². The third kappa shape index (κ3) is 7.68. The van der Waals surface area contributed by atoms with Crippen LogP contribution in [-0.4, -0.2) is 37.0 Å². The van der Waals surface area contributed by atoms with Gasteiger partial charge in [0.05, 0.1) is 19.6 Å². The Morgan fingerprint density at radius 1 is 0.756 bits per heavy atom. The highest BCUT2D eigenvalue weighted by Gasteiger charge is 2.40. The van der Waals surface area contributed by atoms with Gasteiger partial charge < -0.3 is 23.1 Å². The van der Waals surface area contributed by atoms with Crippen molar-refractivity contribution in [1.29, 1.82) is 0 Å². The van der Waals surface area contributed by atoms with E-state index >= 15 is 0 Å². The van der Waals surface area contributed by atoms with Gasteiger partial charge in [-0.25, -0.2) is 0 Å². The molecule has 0 aliphatic rings. The van der Waals surface area contributed by atoms with Gasteiger partial charge in [0, 0.05) is 29.5 Å². The second-order valence-electron chi connectivity index (χ2n) is 14.1. The summed E-state index contributed by atoms with van der Waals surface area (Å²) >= 11 is 0. The highest BCUT2D eigenvalue weighted by atomic mass is 28.4. The van der Waals surface area contributed by atoms with Crippen molar-refractivity contribution in [3.63, 3.8) is 0 Å². The molecule has 0 saturated carbocycles. The molecule has 0 fully saturated rings. The Balaban J connectivity index is 2.17. The van der Waals surface area contributed by atoms with Crippen molar-refractivity contribution in [2.45, 2.75) is 104 Å². The second-order valence-corrected chi connectivity index (χ2v) is 23.6. The first-order chi connectivity index (χ1) is 18.9. The quantitative estimate of drug-likeness (QED) is 0.206. The minimum atomic E-state index is -2.12. The van der Waals surface area contributed by atoms with Crippen LogP contribution in [-0.2, 0) is 17.5 Å². The van der Waals surface area contributed by atoms with Gasteiger partial charge in [-0.15, -0.1) is 0 Å². The number of hydrogen-bond acceptors (Lipinski definition) is 5. The van der Waals surface area contributed by atoms with Gasteiger partial charge in [-0.3, -0.25) is 0 Å². The SMILES string of the molecule is COc1c(C[C@H](C)O[Si](C)(C)C(C)(C)C)cc(OC)c2c(OCc3ccccc3)cc(O[Si](C)(C)C(C)(C)C)cc12. The molecule has 226 valence electrons. The molecule has 5 nitrogen and oxygen atoms in total. The van der Waals surface area contributed by atoms with Crippen LogP contribution >= 0.6 is 0 Å². The van der Waals surface area contributed by atoms with Gasteiger partial charge >= 0.3 is 0 Å². The van der Waals surface area contributed by atoms with Gasteiger partial charge in [0.1, 0.15) is 29.6 Å². The van der Waals surface area contributed by atoms with Crippen LogP contribution in [0.15, 0.2) is 48.5 Å². The first-order valence-electron chi connectivity index (χ1n) is 14.7. The maximum atomic E-state index is 6.81. The number of ether oxygens (including phenoxy) is 3. The summed E-state index contributed by atoms with van der Waals surface area (Å²) in [6, 6.07) is 16.4. The molecule has 1 atom stereocenters. The topological polar surface area (TPSA) is 46.2 Å². The molecule has 3 aromatic rings. The lowest BCUT2D eigenvalue weighted by molar-refractivity contribution is 0.198. The van der Waals surface area contributed by atoms with E-state index in [9.17, 15) is 0 Å². The van der Waals surface area contributed by atoms with E-state index in [-0.39, 0.29) is 16.2 Å². The zero-order valence-corrected chi connectivity index (χ0v) is 29.7. The molecule has 0 spiro atoms. The number of hydrogen-bond donors (Lipinski definition) is 0. The lowest BCUT2D eigenvalue weighted by Gasteiger charge is -2.38. The average molecular weight is 597 g/mol. The van der Waals surface area contributed by atoms with E-state index in [0.29, 0.717) is 18.8 Å². The van der Waals surface area contributed by atoms with Crippen LogP contribution < -0.4 is 18.6 Å². The zero-order chi connectivity index (χ0) is 30.8. The fraction of sp³-hybridized carbons (Fsp3) is 0.529. The number of rotatable bonds is 11. The molecule has 0 heterocycles. The van der Waals surface area contributed by atoms with E-state index in [0.717, 1.165) is 39.1 Å². The highest BCUT2D eigenvalue weighted by molar-refractivity contribution is 6.75. The molecule has 0 aliphatic carbocycles. The van der Waals surface area contributed by atoms with Crippen LogP contribution in [0.2, 0.25) is 36.3 Å². The third-order valence-electron chi connectivity index (χ3n) is 8.81. The van der Waals surface area contributed by atoms with Crippen LogP contribution in [0.4, 0.5) is 0 Å². The molecule has 41 heavy (non-hydrogen) atoms. The van der Waals surface area contributed by atoms with Crippen molar-refractivity contribution < 1.29 is 23.1 Å². The molecular weight excluding hydrogens is 545 g/mol. The Bertz CT molecular complexity index is 1320. The molecule has 0 saturated heterocycles. The fourth-order valence-corrected chi connectivity index (χ4v) is 6.89. The fourth-order valence-electron chi connectivity index (χ4n) is 4.43. The van der Waals surface area contributed by atoms with Crippen molar-refractivity contribution in [2.75, 3.05) is 14.2 Å². The van der Waals surface area contributed by atoms with Crippen molar-refractivity contribution in [2.24, 2.45) is 0 Å². The van der Waals surface area contributed by atoms with Crippen molar-refractivity contribution in [3.05, 3.63) is 59.7 Å². The number of benzene rings is 3. The van der Waals surface area contributed by atoms with Crippen LogP contribution in [0, 0.1) is 0 Å². The average Bonchev–Trinajstić information content (AvgIpc) is 2.85. The summed E-state index contributed by atoms with van der Waals surface area (Å²) in [4.78, 5) is 0. The molecule has 0 amide bonds. The van der Waals surface area contributed by atoms with Gasteiger partial charge in [-0.1, -0.05) is 71.9 Å². The largest absolute Gasteiger partial charge is 0.543 e. The van der Waals surface area contributed by atoms with Crippen LogP contribution in [0.25, 0.3) is 10.8 Å². The molecule has 7 heteroatoms. The Hall–Kier alpha value is -2.49. The molecule has 0 aliphatic heterocycles. The monoisotopic (exact) mass is 596 g/mol. The Morgan fingerprint density at radius 2 is 1.37 bits per heavy atom. The van der Waals surface area contributed by atoms with E-state index in [2.05, 4.69) is 98.9 Å². The molecule has 0 aromatic heterocycles. The summed E-state index contributed by atoms with van der Waals surface area (Å²) in [5.41, 5.74) is 2.14. The van der Waals surface area contributed by atoms with Crippen molar-refractivity contribution in [1.82, 2.24) is 0 Å². The van der Waals surface area contributed by atoms with Crippen LogP contribution in [0.5, 0.6) is 23.0 Å². The van der Waals surface area contributed by atoms with Gasteiger partial charge in [0.2, 0.25) is 8.32 Å². The summed E-state index contributed by atoms with van der Waals surface area (Å²) in [7, 11) is -0.616. The van der Waals surface area contributed by atoms with E-state index in [1.54, 1.807) is 14.2 Å². The lowest BCUT2D eigenvalue weighted by atomic mass is 9.99. The van der Waals surface area contributed by atoms with Crippen LogP contribution in [0.1, 0.15) is 59.6 Å². The molecular formula is C34H52O5Si2. The molecule has 3 rings (SSSR count). The normalized spacial score (nSPS) is 13.7. The van der Waals surface area contributed by atoms with Crippen molar-refractivity contribution in [3.8, 4) is 23.0 Å². The van der Waals surface area contributed by atoms with E-state index < -0.39 is 16.6 Å². The third-order valence-corrected chi connectivity index (χ3v) is 17.8. The first kappa shape index (κ1) is 33.0. The van der Waals surface area contributed by atoms with Crippen molar-refractivity contribution >= 4 is 27.4 Å². The second kappa shape index (κ2) is 12.4. The highest BCUT2D eigenvalue weighted by Crippen LogP contribution is 2.47. The zero-order valence-electron chi connectivity index (χ0n) is 27.7. The number of methoxy groups -OCH3 is 2. The van der Waals surface area contributed by atoms with E-state index in [1.807, 2.05) is 24.3 Å². The lowest BCUT2D eigenvalue weighted by Crippen LogP contribution is -2.43. The Kier molecular flexibility index (Phi) is 9.99. The van der Waals surface area contributed by atoms with Gasteiger partial charge in [-0.2, -0.15) is 0 Å². The maximum Gasteiger partial charge on any atom is 0.250 e. The predicted octanol–water partition coefficient (Wildman–Crippen LogP) is 9.77. The summed E-state index contributed by atoms with van der Waals surface area (Å²) in [6.45, 7) is 25.3. The van der Waals surface area contributed by atoms with Crippen LogP contribution in [0.3, 0.4) is 0 Å². The van der Waals surface area contributed by atoms with Gasteiger partial charge in [-0.05, 0) is 60.9 Å². The summed E-state index contributed by atoms with van der Waals surface area (Å²) in [5, 5.41) is 1.98. The Labute approximate surface area is 250 Å². The Morgan fingerprint density at radius 3 is 1.90 bits per heavy atom. The minimum absolute atomic E-state index is 0.0208. The number of fused-ring (bicyclic) bond motifs is 1. The van der Waals surface area contributed by atoms with Gasteiger partial charge in [0.15, 0.2) is 8.32 Å². The molecule has 3 aromatic carbocycles. The molecule has 0 bridgehead atoms. The predicted molar refractivity (Wildman–Crippen MR) is 177 cm³/mol. The first-order valence-corrected chi connectivity index (χ1v) is 20.5. The summed E-state index contributed by atoms with van der Waals surface area (Å²) in [6.07, 6.45) is 0.725. The maximum absolute atomic E-state index is 6.81. The molecule has 0 unspecified atom stereocenters.